The van der Waals surface area contributed by atoms with Gasteiger partial charge in [-0.1, -0.05) is 24.3 Å². The summed E-state index contributed by atoms with van der Waals surface area (Å²) in [5.41, 5.74) is 8.52. The normalized spacial score (nSPS) is 22.9. The number of benzene rings is 1. The van der Waals surface area contributed by atoms with Gasteiger partial charge in [0.15, 0.2) is 0 Å². The first-order valence-corrected chi connectivity index (χ1v) is 6.77. The number of nitrogens with two attached hydrogens (primary N) is 1. The van der Waals surface area contributed by atoms with Gasteiger partial charge in [0.1, 0.15) is 0 Å². The van der Waals surface area contributed by atoms with Crippen LogP contribution in [-0.4, -0.2) is 25.2 Å². The Kier molecular flexibility index (Phi) is 4.56. The van der Waals surface area contributed by atoms with Crippen LogP contribution in [0.3, 0.4) is 0 Å². The summed E-state index contributed by atoms with van der Waals surface area (Å²) in [4.78, 5) is 12.0. The van der Waals surface area contributed by atoms with Crippen molar-refractivity contribution in [2.45, 2.75) is 44.4 Å². The molecule has 0 aromatic heterocycles. The molecular weight excluding hydrogens is 240 g/mol. The second-order valence-electron chi connectivity index (χ2n) is 5.20. The van der Waals surface area contributed by atoms with Gasteiger partial charge in [0.05, 0.1) is 12.1 Å². The molecule has 3 N–H and O–H groups in total. The van der Waals surface area contributed by atoms with Crippen LogP contribution >= 0.6 is 0 Å². The maximum atomic E-state index is 12.0. The standard InChI is InChI=1S/C15H22N2O2/c1-10(19-2)7-8-14(18)17-15-12-6-4-3-5-11(12)9-13(15)16/h3-6,10,13,15H,7-9,16H2,1-2H3,(H,17,18). The molecule has 0 saturated carbocycles. The highest BCUT2D eigenvalue weighted by Crippen LogP contribution is 2.30. The third kappa shape index (κ3) is 3.33. The number of ether oxygens (including phenoxy) is 1. The number of hydrogen-bond donors (Lipinski definition) is 2. The number of fused-ring (bicyclic) bond motifs is 1. The minimum Gasteiger partial charge on any atom is -0.382 e. The lowest BCUT2D eigenvalue weighted by atomic mass is 10.1. The average Bonchev–Trinajstić information content (AvgIpc) is 2.72. The molecule has 0 bridgehead atoms. The molecule has 0 saturated heterocycles. The van der Waals surface area contributed by atoms with Gasteiger partial charge in [-0.05, 0) is 30.9 Å². The van der Waals surface area contributed by atoms with E-state index in [1.807, 2.05) is 25.1 Å². The topological polar surface area (TPSA) is 64.3 Å². The van der Waals surface area contributed by atoms with Crippen LogP contribution in [0.5, 0.6) is 0 Å². The van der Waals surface area contributed by atoms with Crippen molar-refractivity contribution in [1.82, 2.24) is 5.32 Å². The van der Waals surface area contributed by atoms with Crippen molar-refractivity contribution in [3.63, 3.8) is 0 Å². The lowest BCUT2D eigenvalue weighted by Gasteiger charge is -2.19. The molecule has 1 aliphatic carbocycles. The van der Waals surface area contributed by atoms with Crippen LogP contribution in [0, 0.1) is 0 Å². The molecule has 2 rings (SSSR count). The maximum absolute atomic E-state index is 12.0. The molecule has 104 valence electrons. The Hall–Kier alpha value is -1.39. The number of carbonyl (C=O) groups is 1. The average molecular weight is 262 g/mol. The van der Waals surface area contributed by atoms with Gasteiger partial charge in [0.2, 0.25) is 5.91 Å². The van der Waals surface area contributed by atoms with Crippen molar-refractivity contribution in [3.05, 3.63) is 35.4 Å². The zero-order valence-corrected chi connectivity index (χ0v) is 11.6. The molecule has 1 aromatic rings. The third-order valence-electron chi connectivity index (χ3n) is 3.77. The van der Waals surface area contributed by atoms with Gasteiger partial charge in [0.25, 0.3) is 0 Å². The molecule has 1 aliphatic rings. The lowest BCUT2D eigenvalue weighted by molar-refractivity contribution is -0.122. The van der Waals surface area contributed by atoms with Crippen molar-refractivity contribution in [3.8, 4) is 0 Å². The Morgan fingerprint density at radius 3 is 3.00 bits per heavy atom. The number of amides is 1. The van der Waals surface area contributed by atoms with Crippen LogP contribution in [0.15, 0.2) is 24.3 Å². The quantitative estimate of drug-likeness (QED) is 0.846. The van der Waals surface area contributed by atoms with Gasteiger partial charge in [-0.25, -0.2) is 0 Å². The zero-order valence-electron chi connectivity index (χ0n) is 11.6. The fourth-order valence-electron chi connectivity index (χ4n) is 2.51. The first-order chi connectivity index (χ1) is 9.11. The lowest BCUT2D eigenvalue weighted by Crippen LogP contribution is -2.38. The van der Waals surface area contributed by atoms with E-state index in [4.69, 9.17) is 10.5 Å². The van der Waals surface area contributed by atoms with Gasteiger partial charge >= 0.3 is 0 Å². The minimum absolute atomic E-state index is 0.0267. The highest BCUT2D eigenvalue weighted by molar-refractivity contribution is 5.76. The molecular formula is C15H22N2O2. The summed E-state index contributed by atoms with van der Waals surface area (Å²) >= 11 is 0. The highest BCUT2D eigenvalue weighted by Gasteiger charge is 2.30. The van der Waals surface area contributed by atoms with E-state index in [0.717, 1.165) is 18.4 Å². The Labute approximate surface area is 114 Å². The molecule has 0 heterocycles. The highest BCUT2D eigenvalue weighted by atomic mass is 16.5. The van der Waals surface area contributed by atoms with E-state index in [1.165, 1.54) is 5.56 Å². The summed E-state index contributed by atoms with van der Waals surface area (Å²) < 4.78 is 5.14. The molecule has 4 nitrogen and oxygen atoms in total. The van der Waals surface area contributed by atoms with E-state index in [-0.39, 0.29) is 24.1 Å². The second-order valence-corrected chi connectivity index (χ2v) is 5.20. The zero-order chi connectivity index (χ0) is 13.8. The monoisotopic (exact) mass is 262 g/mol. The van der Waals surface area contributed by atoms with E-state index >= 15 is 0 Å². The number of carbonyl (C=O) groups excluding carboxylic acids is 1. The van der Waals surface area contributed by atoms with Crippen molar-refractivity contribution >= 4 is 5.91 Å². The number of rotatable bonds is 5. The summed E-state index contributed by atoms with van der Waals surface area (Å²) in [6.07, 6.45) is 2.14. The van der Waals surface area contributed by atoms with Crippen LogP contribution in [-0.2, 0) is 16.0 Å². The molecule has 1 aromatic carbocycles. The summed E-state index contributed by atoms with van der Waals surface area (Å²) in [7, 11) is 1.66. The fraction of sp³-hybridized carbons (Fsp3) is 0.533. The Morgan fingerprint density at radius 2 is 2.26 bits per heavy atom. The SMILES string of the molecule is COC(C)CCC(=O)NC1c2ccccc2CC1N. The largest absolute Gasteiger partial charge is 0.382 e. The van der Waals surface area contributed by atoms with Crippen molar-refractivity contribution in [2.24, 2.45) is 5.73 Å². The fourth-order valence-corrected chi connectivity index (χ4v) is 2.51. The minimum atomic E-state index is -0.0541. The Balaban J connectivity index is 1.94. The van der Waals surface area contributed by atoms with E-state index in [0.29, 0.717) is 6.42 Å². The van der Waals surface area contributed by atoms with Gasteiger partial charge in [-0.15, -0.1) is 0 Å². The predicted molar refractivity (Wildman–Crippen MR) is 74.7 cm³/mol. The first kappa shape index (κ1) is 14.0. The van der Waals surface area contributed by atoms with Crippen LogP contribution in [0.1, 0.15) is 36.9 Å². The van der Waals surface area contributed by atoms with Crippen LogP contribution < -0.4 is 11.1 Å². The van der Waals surface area contributed by atoms with Gasteiger partial charge < -0.3 is 15.8 Å². The Bertz CT molecular complexity index is 448. The molecule has 19 heavy (non-hydrogen) atoms. The molecule has 3 atom stereocenters. The number of nitrogens with one attached hydrogen (secondary N) is 1. The third-order valence-corrected chi connectivity index (χ3v) is 3.77. The van der Waals surface area contributed by atoms with Crippen molar-refractivity contribution in [2.75, 3.05) is 7.11 Å². The molecule has 1 amide bonds. The van der Waals surface area contributed by atoms with Crippen molar-refractivity contribution in [1.29, 1.82) is 0 Å². The van der Waals surface area contributed by atoms with E-state index in [2.05, 4.69) is 11.4 Å². The first-order valence-electron chi connectivity index (χ1n) is 6.77. The van der Waals surface area contributed by atoms with Crippen molar-refractivity contribution < 1.29 is 9.53 Å². The summed E-state index contributed by atoms with van der Waals surface area (Å²) in [5.74, 6) is 0.0426. The number of methoxy groups -OCH3 is 1. The van der Waals surface area contributed by atoms with Gasteiger partial charge in [0, 0.05) is 19.6 Å². The summed E-state index contributed by atoms with van der Waals surface area (Å²) in [6.45, 7) is 1.96. The molecule has 0 spiro atoms. The predicted octanol–water partition coefficient (Wildman–Crippen LogP) is 1.54. The van der Waals surface area contributed by atoms with E-state index < -0.39 is 0 Å². The molecule has 0 fully saturated rings. The number of hydrogen-bond acceptors (Lipinski definition) is 3. The summed E-state index contributed by atoms with van der Waals surface area (Å²) in [6, 6.07) is 8.04. The Morgan fingerprint density at radius 1 is 1.53 bits per heavy atom. The maximum Gasteiger partial charge on any atom is 0.220 e. The molecule has 0 aliphatic heterocycles. The second kappa shape index (κ2) is 6.17. The van der Waals surface area contributed by atoms with Gasteiger partial charge in [-0.3, -0.25) is 4.79 Å². The molecule has 0 radical (unpaired) electrons. The van der Waals surface area contributed by atoms with E-state index in [9.17, 15) is 4.79 Å². The molecule has 3 unspecified atom stereocenters. The van der Waals surface area contributed by atoms with E-state index in [1.54, 1.807) is 7.11 Å². The summed E-state index contributed by atoms with van der Waals surface area (Å²) in [5, 5.41) is 3.04. The van der Waals surface area contributed by atoms with Crippen LogP contribution in [0.2, 0.25) is 0 Å². The smallest absolute Gasteiger partial charge is 0.220 e. The van der Waals surface area contributed by atoms with Crippen LogP contribution in [0.4, 0.5) is 0 Å². The van der Waals surface area contributed by atoms with Gasteiger partial charge in [-0.2, -0.15) is 0 Å². The molecule has 4 heteroatoms. The van der Waals surface area contributed by atoms with Crippen LogP contribution in [0.25, 0.3) is 0 Å².